The minimum absolute atomic E-state index is 0. The second kappa shape index (κ2) is 12.1. The van der Waals surface area contributed by atoms with E-state index in [4.69, 9.17) is 10.4 Å². The Labute approximate surface area is 193 Å². The van der Waals surface area contributed by atoms with E-state index in [0.717, 1.165) is 45.6 Å². The summed E-state index contributed by atoms with van der Waals surface area (Å²) in [5, 5.41) is 21.2. The van der Waals surface area contributed by atoms with E-state index in [9.17, 15) is 5.11 Å². The molecular formula is C24H32N4O3S. The molecule has 3 rings (SSSR count). The molecule has 0 radical (unpaired) electrons. The van der Waals surface area contributed by atoms with Crippen LogP contribution in [0, 0.1) is 12.3 Å². The summed E-state index contributed by atoms with van der Waals surface area (Å²) in [6.07, 6.45) is 4.20. The van der Waals surface area contributed by atoms with Crippen molar-refractivity contribution in [2.24, 2.45) is 0 Å². The lowest BCUT2D eigenvalue weighted by molar-refractivity contribution is 0.474. The van der Waals surface area contributed by atoms with Gasteiger partial charge >= 0.3 is 0 Å². The molecule has 0 spiro atoms. The SMILES string of the molecule is CCc1cc(O)ccc1-c1cc(C)c(C=N)c(NCc2ccccc2N(C)SC)n1.O.O. The quantitative estimate of drug-likeness (QED) is 0.348. The maximum Gasteiger partial charge on any atom is 0.136 e. The van der Waals surface area contributed by atoms with Crippen LogP contribution in [0.25, 0.3) is 11.3 Å². The van der Waals surface area contributed by atoms with Crippen molar-refractivity contribution in [3.8, 4) is 17.0 Å². The summed E-state index contributed by atoms with van der Waals surface area (Å²) in [5.41, 5.74) is 6.96. The molecule has 1 heterocycles. The number of nitrogens with zero attached hydrogens (tertiary/aromatic N) is 2. The predicted molar refractivity (Wildman–Crippen MR) is 136 cm³/mol. The van der Waals surface area contributed by atoms with Gasteiger partial charge in [-0.25, -0.2) is 4.98 Å². The van der Waals surface area contributed by atoms with Gasteiger partial charge in [-0.05, 0) is 60.4 Å². The lowest BCUT2D eigenvalue weighted by Crippen LogP contribution is -2.12. The van der Waals surface area contributed by atoms with Gasteiger partial charge in [-0.15, -0.1) is 0 Å². The number of hydrogen-bond donors (Lipinski definition) is 3. The fourth-order valence-electron chi connectivity index (χ4n) is 3.50. The second-order valence-electron chi connectivity index (χ2n) is 7.09. The molecule has 1 aromatic heterocycles. The third-order valence-electron chi connectivity index (χ3n) is 5.21. The fourth-order valence-corrected chi connectivity index (χ4v) is 3.88. The maximum atomic E-state index is 9.84. The second-order valence-corrected chi connectivity index (χ2v) is 8.00. The minimum Gasteiger partial charge on any atom is -0.508 e. The van der Waals surface area contributed by atoms with E-state index in [1.807, 2.05) is 38.2 Å². The number of pyridine rings is 1. The Kier molecular flexibility index (Phi) is 10.2. The van der Waals surface area contributed by atoms with Crippen molar-refractivity contribution in [1.29, 1.82) is 5.41 Å². The van der Waals surface area contributed by atoms with Crippen LogP contribution in [0.15, 0.2) is 48.5 Å². The molecule has 3 aromatic rings. The van der Waals surface area contributed by atoms with E-state index in [1.54, 1.807) is 24.1 Å². The van der Waals surface area contributed by atoms with Crippen molar-refractivity contribution in [2.45, 2.75) is 26.8 Å². The Morgan fingerprint density at radius 2 is 1.84 bits per heavy atom. The first kappa shape index (κ1) is 27.0. The molecule has 0 saturated carbocycles. The van der Waals surface area contributed by atoms with Crippen LogP contribution in [0.1, 0.15) is 29.2 Å². The maximum absolute atomic E-state index is 9.84. The van der Waals surface area contributed by atoms with Crippen LogP contribution < -0.4 is 9.62 Å². The summed E-state index contributed by atoms with van der Waals surface area (Å²) in [6.45, 7) is 4.67. The number of phenols is 1. The molecule has 0 fully saturated rings. The molecule has 0 saturated heterocycles. The Bertz CT molecular complexity index is 1060. The molecule has 0 unspecified atom stereocenters. The van der Waals surface area contributed by atoms with E-state index in [-0.39, 0.29) is 16.7 Å². The van der Waals surface area contributed by atoms with Gasteiger partial charge in [-0.2, -0.15) is 0 Å². The van der Waals surface area contributed by atoms with E-state index >= 15 is 0 Å². The molecule has 0 aliphatic heterocycles. The summed E-state index contributed by atoms with van der Waals surface area (Å²) in [6, 6.07) is 15.7. The molecule has 172 valence electrons. The number of benzene rings is 2. The van der Waals surface area contributed by atoms with Gasteiger partial charge in [0.2, 0.25) is 0 Å². The molecular weight excluding hydrogens is 424 g/mol. The number of anilines is 2. The lowest BCUT2D eigenvalue weighted by Gasteiger charge is -2.20. The first-order chi connectivity index (χ1) is 14.5. The molecule has 0 aliphatic rings. The molecule has 0 aliphatic carbocycles. The fraction of sp³-hybridized carbons (Fsp3) is 0.250. The highest BCUT2D eigenvalue weighted by Crippen LogP contribution is 2.30. The molecule has 0 atom stereocenters. The van der Waals surface area contributed by atoms with Gasteiger partial charge in [0, 0.05) is 37.2 Å². The van der Waals surface area contributed by atoms with E-state index < -0.39 is 0 Å². The van der Waals surface area contributed by atoms with Crippen LogP contribution in [-0.4, -0.2) is 40.6 Å². The summed E-state index contributed by atoms with van der Waals surface area (Å²) in [7, 11) is 2.05. The standard InChI is InChI=1S/C24H28N4OS.2H2O/c1-5-17-13-19(29)10-11-20(17)22-12-16(2)21(14-25)24(27-22)26-15-18-8-6-7-9-23(18)28(3)30-4;;/h6-14,25,29H,5,15H2,1-4H3,(H,26,27);2*1H2. The molecule has 0 bridgehead atoms. The van der Waals surface area contributed by atoms with Crippen LogP contribution >= 0.6 is 11.9 Å². The van der Waals surface area contributed by atoms with Crippen LogP contribution in [0.3, 0.4) is 0 Å². The van der Waals surface area contributed by atoms with Gasteiger partial charge in [-0.3, -0.25) is 0 Å². The topological polar surface area (TPSA) is 135 Å². The summed E-state index contributed by atoms with van der Waals surface area (Å²) >= 11 is 1.66. The average Bonchev–Trinajstić information content (AvgIpc) is 2.76. The highest BCUT2D eigenvalue weighted by Gasteiger charge is 2.14. The van der Waals surface area contributed by atoms with Crippen molar-refractivity contribution < 1.29 is 16.1 Å². The van der Waals surface area contributed by atoms with Gasteiger partial charge in [0.25, 0.3) is 0 Å². The Morgan fingerprint density at radius 1 is 1.12 bits per heavy atom. The smallest absolute Gasteiger partial charge is 0.136 e. The van der Waals surface area contributed by atoms with Gasteiger partial charge in [-0.1, -0.05) is 37.1 Å². The van der Waals surface area contributed by atoms with Crippen LogP contribution in [0.5, 0.6) is 5.75 Å². The number of hydrogen-bond acceptors (Lipinski definition) is 6. The summed E-state index contributed by atoms with van der Waals surface area (Å²) in [5.74, 6) is 0.952. The Morgan fingerprint density at radius 3 is 2.50 bits per heavy atom. The highest BCUT2D eigenvalue weighted by atomic mass is 32.2. The van der Waals surface area contributed by atoms with Crippen molar-refractivity contribution in [3.63, 3.8) is 0 Å². The lowest BCUT2D eigenvalue weighted by atomic mass is 9.99. The van der Waals surface area contributed by atoms with E-state index in [1.165, 1.54) is 6.21 Å². The van der Waals surface area contributed by atoms with Crippen molar-refractivity contribution >= 4 is 29.7 Å². The third kappa shape index (κ3) is 5.79. The largest absolute Gasteiger partial charge is 0.508 e. The molecule has 2 aromatic carbocycles. The van der Waals surface area contributed by atoms with Gasteiger partial charge in [0.05, 0.1) is 11.4 Å². The van der Waals surface area contributed by atoms with Gasteiger partial charge < -0.3 is 31.1 Å². The Balaban J connectivity index is 0.00000256. The normalized spacial score (nSPS) is 10.0. The molecule has 32 heavy (non-hydrogen) atoms. The average molecular weight is 457 g/mol. The number of aryl methyl sites for hydroxylation is 2. The first-order valence-corrected chi connectivity index (χ1v) is 11.1. The molecule has 0 amide bonds. The van der Waals surface area contributed by atoms with Crippen LogP contribution in [-0.2, 0) is 13.0 Å². The van der Waals surface area contributed by atoms with E-state index in [0.29, 0.717) is 12.4 Å². The van der Waals surface area contributed by atoms with Crippen molar-refractivity contribution in [2.75, 3.05) is 22.9 Å². The third-order valence-corrected chi connectivity index (χ3v) is 5.95. The Hall–Kier alpha value is -3.07. The summed E-state index contributed by atoms with van der Waals surface area (Å²) < 4.78 is 2.13. The zero-order chi connectivity index (χ0) is 21.7. The molecule has 7 N–H and O–H groups in total. The number of para-hydroxylation sites is 1. The van der Waals surface area contributed by atoms with Crippen molar-refractivity contribution in [1.82, 2.24) is 4.98 Å². The number of aromatic nitrogens is 1. The molecule has 7 nitrogen and oxygen atoms in total. The monoisotopic (exact) mass is 456 g/mol. The molecule has 8 heteroatoms. The predicted octanol–water partition coefficient (Wildman–Crippen LogP) is 4.00. The first-order valence-electron chi connectivity index (χ1n) is 9.92. The van der Waals surface area contributed by atoms with Crippen LogP contribution in [0.4, 0.5) is 11.5 Å². The zero-order valence-electron chi connectivity index (χ0n) is 18.9. The number of phenolic OH excluding ortho intramolecular Hbond substituents is 1. The van der Waals surface area contributed by atoms with Gasteiger partial charge in [0.1, 0.15) is 11.6 Å². The zero-order valence-corrected chi connectivity index (χ0v) is 19.7. The highest BCUT2D eigenvalue weighted by molar-refractivity contribution is 7.99. The van der Waals surface area contributed by atoms with Crippen LogP contribution in [0.2, 0.25) is 0 Å². The number of nitrogens with one attached hydrogen (secondary N) is 2. The summed E-state index contributed by atoms with van der Waals surface area (Å²) in [4.78, 5) is 4.86. The minimum atomic E-state index is 0. The van der Waals surface area contributed by atoms with Gasteiger partial charge in [0.15, 0.2) is 0 Å². The van der Waals surface area contributed by atoms with Crippen molar-refractivity contribution in [3.05, 3.63) is 70.8 Å². The number of aromatic hydroxyl groups is 1. The number of rotatable bonds is 8. The van der Waals surface area contributed by atoms with E-state index in [2.05, 4.69) is 34.9 Å².